The molecule has 1 aromatic rings. The van der Waals surface area contributed by atoms with E-state index in [0.717, 1.165) is 11.3 Å². The van der Waals surface area contributed by atoms with Gasteiger partial charge in [-0.3, -0.25) is 0 Å². The lowest BCUT2D eigenvalue weighted by Gasteiger charge is -2.38. The number of sulfonamides is 1. The van der Waals surface area contributed by atoms with E-state index in [0.29, 0.717) is 4.41 Å². The fraction of sp³-hybridized carbons (Fsp3) is 0.250. The SMILES string of the molecule is [3H][N+]12OC(O)(C(Br)=C1C)N2S(=O)(=O)c1cccs1. The summed E-state index contributed by atoms with van der Waals surface area (Å²) in [6.07, 6.45) is 0. The molecule has 6 nitrogen and oxygen atoms in total. The molecule has 0 spiro atoms. The third-order valence-electron chi connectivity index (χ3n) is 2.51. The summed E-state index contributed by atoms with van der Waals surface area (Å²) in [7, 11) is -3.99. The highest BCUT2D eigenvalue weighted by Crippen LogP contribution is 2.40. The Morgan fingerprint density at radius 1 is 1.76 bits per heavy atom. The Bertz CT molecular complexity index is 637. The Hall–Kier alpha value is -0.290. The van der Waals surface area contributed by atoms with E-state index >= 15 is 0 Å². The van der Waals surface area contributed by atoms with Crippen LogP contribution in [-0.4, -0.2) is 23.8 Å². The number of quaternary nitrogens is 1. The molecule has 0 saturated carbocycles. The first kappa shape index (κ1) is 10.6. The summed E-state index contributed by atoms with van der Waals surface area (Å²) < 4.78 is 33.4. The van der Waals surface area contributed by atoms with Crippen molar-refractivity contribution in [3.8, 4) is 0 Å². The fourth-order valence-corrected chi connectivity index (χ4v) is 4.73. The number of nitrogens with zero attached hydrogens (tertiary/aromatic N) is 1. The maximum Gasteiger partial charge on any atom is 0.422 e. The van der Waals surface area contributed by atoms with Crippen molar-refractivity contribution in [3.63, 3.8) is 0 Å². The van der Waals surface area contributed by atoms with Crippen molar-refractivity contribution in [2.24, 2.45) is 0 Å². The molecule has 3 aliphatic rings. The van der Waals surface area contributed by atoms with Gasteiger partial charge in [0.2, 0.25) is 0 Å². The molecule has 2 unspecified atom stereocenters. The second-order valence-electron chi connectivity index (χ2n) is 3.55. The van der Waals surface area contributed by atoms with E-state index in [1.54, 1.807) is 11.4 Å². The Morgan fingerprint density at radius 3 is 2.88 bits per heavy atom. The maximum absolute atomic E-state index is 12.4. The standard InChI is InChI=1S/C8H7BrN2O4S2/c1-5-7(9)8(12)11(10(5)15-8)17(13,14)6-3-2-4-16-6/h2-4,12H,1H3/p+1/i/hT. The Kier molecular flexibility index (Phi) is 2.11. The van der Waals surface area contributed by atoms with Crippen molar-refractivity contribution in [3.05, 3.63) is 27.7 Å². The van der Waals surface area contributed by atoms with Crippen LogP contribution < -0.4 is 5.17 Å². The van der Waals surface area contributed by atoms with Crippen LogP contribution in [-0.2, 0) is 14.9 Å². The summed E-state index contributed by atoms with van der Waals surface area (Å²) in [5, 5.41) is 10.6. The summed E-state index contributed by atoms with van der Waals surface area (Å²) in [4.78, 5) is 4.94. The molecule has 17 heavy (non-hydrogen) atoms. The average molecular weight is 342 g/mol. The highest BCUT2D eigenvalue weighted by Gasteiger charge is 2.74. The van der Waals surface area contributed by atoms with Gasteiger partial charge in [-0.05, 0) is 27.4 Å². The van der Waals surface area contributed by atoms with E-state index in [2.05, 4.69) is 15.9 Å². The van der Waals surface area contributed by atoms with Gasteiger partial charge in [-0.15, -0.1) is 16.2 Å². The van der Waals surface area contributed by atoms with Crippen molar-refractivity contribution >= 4 is 37.3 Å². The van der Waals surface area contributed by atoms with E-state index in [1.165, 1.54) is 13.0 Å². The third-order valence-corrected chi connectivity index (χ3v) is 6.67. The molecule has 0 amide bonds. The van der Waals surface area contributed by atoms with Crippen LogP contribution in [0.25, 0.3) is 0 Å². The molecule has 9 heteroatoms. The Labute approximate surface area is 111 Å². The van der Waals surface area contributed by atoms with Crippen LogP contribution in [0.2, 0.25) is 1.41 Å². The van der Waals surface area contributed by atoms with Crippen LogP contribution in [0.4, 0.5) is 0 Å². The topological polar surface area (TPSA) is 71.3 Å². The number of halogens is 1. The highest BCUT2D eigenvalue weighted by molar-refractivity contribution is 9.11. The predicted octanol–water partition coefficient (Wildman–Crippen LogP) is -0.230. The highest BCUT2D eigenvalue weighted by atomic mass is 79.9. The second-order valence-corrected chi connectivity index (χ2v) is 7.29. The zero-order chi connectivity index (χ0) is 13.3. The smallest absolute Gasteiger partial charge is 0.340 e. The van der Waals surface area contributed by atoms with Gasteiger partial charge in [0.15, 0.2) is 5.70 Å². The number of hydroxylamine groups is 1. The Balaban J connectivity index is 2.14. The molecule has 0 radical (unpaired) electrons. The number of aliphatic hydroxyl groups is 1. The van der Waals surface area contributed by atoms with Gasteiger partial charge in [0.25, 0.3) is 0 Å². The number of allylic oxidation sites excluding steroid dienone is 1. The van der Waals surface area contributed by atoms with Gasteiger partial charge in [0.05, 0.1) is 4.41 Å². The minimum Gasteiger partial charge on any atom is -0.340 e. The summed E-state index contributed by atoms with van der Waals surface area (Å²) in [6.45, 7) is 1.51. The molecule has 4 rings (SSSR count). The number of rotatable bonds is 2. The molecule has 2 bridgehead atoms. The molecule has 2 N–H and O–H groups in total. The lowest BCUT2D eigenvalue weighted by molar-refractivity contribution is -1.22. The molecule has 1 saturated heterocycles. The van der Waals surface area contributed by atoms with Crippen LogP contribution in [0.15, 0.2) is 31.9 Å². The number of thiophene rings is 1. The normalized spacial score (nSPS) is 38.2. The van der Waals surface area contributed by atoms with Crippen LogP contribution in [0, 0.1) is 0 Å². The third kappa shape index (κ3) is 1.30. The zero-order valence-electron chi connectivity index (χ0n) is 9.49. The molecule has 4 heterocycles. The van der Waals surface area contributed by atoms with Gasteiger partial charge in [0.1, 0.15) is 8.69 Å². The first-order valence-electron chi connectivity index (χ1n) is 5.01. The minimum atomic E-state index is -3.99. The first-order valence-corrected chi connectivity index (χ1v) is 7.67. The van der Waals surface area contributed by atoms with Gasteiger partial charge in [-0.2, -0.15) is 0 Å². The summed E-state index contributed by atoms with van der Waals surface area (Å²) in [5.74, 6) is -2.12. The van der Waals surface area contributed by atoms with E-state index < -0.39 is 21.1 Å². The van der Waals surface area contributed by atoms with E-state index in [9.17, 15) is 13.5 Å². The lowest BCUT2D eigenvalue weighted by Crippen LogP contribution is -3.24. The largest absolute Gasteiger partial charge is 0.422 e. The van der Waals surface area contributed by atoms with Crippen LogP contribution >= 0.6 is 27.3 Å². The van der Waals surface area contributed by atoms with Crippen LogP contribution in [0.1, 0.15) is 6.92 Å². The molecule has 0 aromatic carbocycles. The molecule has 1 fully saturated rings. The first-order chi connectivity index (χ1) is 8.24. The van der Waals surface area contributed by atoms with Crippen molar-refractivity contribution in [1.82, 2.24) is 4.41 Å². The van der Waals surface area contributed by atoms with Crippen molar-refractivity contribution < 1.29 is 24.9 Å². The number of hydrogen-bond acceptors (Lipinski definition) is 5. The van der Waals surface area contributed by atoms with E-state index in [4.69, 9.17) is 6.25 Å². The average Bonchev–Trinajstić information content (AvgIpc) is 2.86. The lowest BCUT2D eigenvalue weighted by atomic mass is 10.4. The van der Waals surface area contributed by atoms with Crippen molar-refractivity contribution in [2.45, 2.75) is 17.0 Å². The minimum absolute atomic E-state index is 0.0500. The van der Waals surface area contributed by atoms with Crippen molar-refractivity contribution in [1.29, 1.82) is 0 Å². The molecule has 2 atom stereocenters. The van der Waals surface area contributed by atoms with Gasteiger partial charge in [-0.1, -0.05) is 11.2 Å². The quantitative estimate of drug-likeness (QED) is 0.779. The Morgan fingerprint density at radius 2 is 2.47 bits per heavy atom. The van der Waals surface area contributed by atoms with Crippen LogP contribution in [0.3, 0.4) is 0 Å². The monoisotopic (exact) mass is 341 g/mol. The van der Waals surface area contributed by atoms with Gasteiger partial charge < -0.3 is 5.11 Å². The summed E-state index contributed by atoms with van der Waals surface area (Å²) >= 11 is 4.08. The molecular formula is C8H8BrN2O4S2+. The zero-order valence-corrected chi connectivity index (χ0v) is 11.7. The molecular weight excluding hydrogens is 332 g/mol. The molecule has 1 aromatic heterocycles. The molecule has 3 aliphatic heterocycles. The van der Waals surface area contributed by atoms with E-state index in [-0.39, 0.29) is 14.4 Å². The van der Waals surface area contributed by atoms with Gasteiger partial charge in [0, 0.05) is 6.92 Å². The van der Waals surface area contributed by atoms with Gasteiger partial charge in [-0.25, -0.2) is 8.42 Å². The number of hydrogen-bond donors (Lipinski definition) is 2. The molecule has 0 aliphatic carbocycles. The van der Waals surface area contributed by atoms with Gasteiger partial charge >= 0.3 is 17.3 Å². The number of nitrogens with one attached hydrogen (secondary N) is 1. The van der Waals surface area contributed by atoms with E-state index in [1.807, 2.05) is 0 Å². The maximum atomic E-state index is 12.4. The fourth-order valence-electron chi connectivity index (χ4n) is 1.69. The summed E-state index contributed by atoms with van der Waals surface area (Å²) in [6, 6.07) is 3.00. The summed E-state index contributed by atoms with van der Waals surface area (Å²) in [5.41, 5.74) is 0.262. The predicted molar refractivity (Wildman–Crippen MR) is 62.0 cm³/mol. The van der Waals surface area contributed by atoms with Crippen LogP contribution in [0.5, 0.6) is 0 Å². The molecule has 92 valence electrons. The van der Waals surface area contributed by atoms with Crippen molar-refractivity contribution in [2.75, 3.05) is 0 Å². The second kappa shape index (κ2) is 3.38.